The van der Waals surface area contributed by atoms with Gasteiger partial charge in [-0.05, 0) is 48.9 Å². The van der Waals surface area contributed by atoms with E-state index in [0.29, 0.717) is 0 Å². The maximum Gasteiger partial charge on any atom is 0.264 e. The summed E-state index contributed by atoms with van der Waals surface area (Å²) in [5, 5.41) is 3.41. The highest BCUT2D eigenvalue weighted by molar-refractivity contribution is 7.14. The molecule has 6 heteroatoms. The first-order valence-corrected chi connectivity index (χ1v) is 9.68. The number of carbonyl (C=O) groups excluding carboxylic acids is 1. The highest BCUT2D eigenvalue weighted by Gasteiger charge is 2.30. The lowest BCUT2D eigenvalue weighted by Crippen LogP contribution is -2.48. The summed E-state index contributed by atoms with van der Waals surface area (Å²) in [6.07, 6.45) is 9.75. The van der Waals surface area contributed by atoms with Gasteiger partial charge in [0.2, 0.25) is 0 Å². The molecule has 2 aromatic rings. The number of aromatic nitrogens is 1. The van der Waals surface area contributed by atoms with Gasteiger partial charge in [0, 0.05) is 36.9 Å². The van der Waals surface area contributed by atoms with Crippen LogP contribution in [0.3, 0.4) is 0 Å². The average molecular weight is 378 g/mol. The number of amides is 1. The van der Waals surface area contributed by atoms with Gasteiger partial charge in [0.05, 0.1) is 10.9 Å². The molecule has 25 heavy (non-hydrogen) atoms. The van der Waals surface area contributed by atoms with Gasteiger partial charge < -0.3 is 10.2 Å². The molecule has 1 N–H and O–H groups in total. The number of carbonyl (C=O) groups is 1. The van der Waals surface area contributed by atoms with E-state index in [1.165, 1.54) is 29.7 Å². The Morgan fingerprint density at radius 1 is 1.28 bits per heavy atom. The number of fused-ring (bicyclic) bond motifs is 1. The van der Waals surface area contributed by atoms with Crippen LogP contribution in [0.25, 0.3) is 0 Å². The van der Waals surface area contributed by atoms with Gasteiger partial charge in [-0.2, -0.15) is 0 Å². The Bertz CT molecular complexity index is 695. The summed E-state index contributed by atoms with van der Waals surface area (Å²) >= 11 is 1.72. The summed E-state index contributed by atoms with van der Waals surface area (Å²) in [4.78, 5) is 21.8. The van der Waals surface area contributed by atoms with Crippen molar-refractivity contribution >= 4 is 29.7 Å². The zero-order chi connectivity index (χ0) is 16.4. The molecule has 1 aliphatic heterocycles. The Kier molecular flexibility index (Phi) is 6.10. The van der Waals surface area contributed by atoms with Gasteiger partial charge in [-0.15, -0.1) is 23.7 Å². The van der Waals surface area contributed by atoms with E-state index < -0.39 is 0 Å². The molecule has 0 saturated carbocycles. The summed E-state index contributed by atoms with van der Waals surface area (Å²) < 4.78 is 0. The first-order chi connectivity index (χ1) is 11.8. The van der Waals surface area contributed by atoms with E-state index in [-0.39, 0.29) is 24.4 Å². The number of rotatable bonds is 2. The SMILES string of the molecule is Cl.O=C(c1cc2c(s1)CCCCC2)N1CCNCC1c1cccnc1. The minimum absolute atomic E-state index is 0. The number of thiophene rings is 1. The van der Waals surface area contributed by atoms with Crippen LogP contribution in [0.1, 0.15) is 51.0 Å². The standard InChI is InChI=1S/C19H23N3OS.ClH/c23-19(18-11-14-5-2-1-3-7-17(14)24-18)22-10-9-21-13-16(22)15-6-4-8-20-12-15;/h4,6,8,11-12,16,21H,1-3,5,7,9-10,13H2;1H. The van der Waals surface area contributed by atoms with E-state index in [9.17, 15) is 4.79 Å². The van der Waals surface area contributed by atoms with Crippen molar-refractivity contribution < 1.29 is 4.79 Å². The first-order valence-electron chi connectivity index (χ1n) is 8.86. The Morgan fingerprint density at radius 3 is 3.00 bits per heavy atom. The third-order valence-electron chi connectivity index (χ3n) is 5.03. The molecule has 1 aliphatic carbocycles. The van der Waals surface area contributed by atoms with Crippen LogP contribution in [-0.2, 0) is 12.8 Å². The normalized spacial score (nSPS) is 20.3. The van der Waals surface area contributed by atoms with Crippen molar-refractivity contribution in [3.63, 3.8) is 0 Å². The molecule has 4 rings (SSSR count). The predicted octanol–water partition coefficient (Wildman–Crippen LogP) is 3.62. The predicted molar refractivity (Wildman–Crippen MR) is 104 cm³/mol. The molecule has 4 nitrogen and oxygen atoms in total. The van der Waals surface area contributed by atoms with Gasteiger partial charge in [-0.25, -0.2) is 0 Å². The fourth-order valence-corrected chi connectivity index (χ4v) is 4.94. The second-order valence-corrected chi connectivity index (χ2v) is 7.76. The molecule has 3 heterocycles. The number of hydrogen-bond acceptors (Lipinski definition) is 4. The average Bonchev–Trinajstić information content (AvgIpc) is 2.92. The molecular weight excluding hydrogens is 354 g/mol. The molecule has 0 spiro atoms. The van der Waals surface area contributed by atoms with Gasteiger partial charge in [0.1, 0.15) is 0 Å². The van der Waals surface area contributed by atoms with Crippen LogP contribution in [0.15, 0.2) is 30.6 Å². The maximum atomic E-state index is 13.2. The van der Waals surface area contributed by atoms with Gasteiger partial charge in [-0.1, -0.05) is 12.5 Å². The minimum atomic E-state index is 0. The molecule has 1 amide bonds. The summed E-state index contributed by atoms with van der Waals surface area (Å²) in [6.45, 7) is 2.40. The van der Waals surface area contributed by atoms with Crippen molar-refractivity contribution in [3.05, 3.63) is 51.5 Å². The van der Waals surface area contributed by atoms with E-state index in [1.807, 2.05) is 17.2 Å². The fourth-order valence-electron chi connectivity index (χ4n) is 3.73. The van der Waals surface area contributed by atoms with Crippen LogP contribution < -0.4 is 5.32 Å². The van der Waals surface area contributed by atoms with Crippen LogP contribution in [-0.4, -0.2) is 35.4 Å². The summed E-state index contributed by atoms with van der Waals surface area (Å²) in [5.74, 6) is 0.184. The zero-order valence-corrected chi connectivity index (χ0v) is 15.9. The maximum absolute atomic E-state index is 13.2. The molecule has 1 unspecified atom stereocenters. The van der Waals surface area contributed by atoms with Gasteiger partial charge in [0.15, 0.2) is 0 Å². The van der Waals surface area contributed by atoms with Crippen LogP contribution in [0.4, 0.5) is 0 Å². The summed E-state index contributed by atoms with van der Waals surface area (Å²) in [7, 11) is 0. The van der Waals surface area contributed by atoms with Crippen LogP contribution in [0.2, 0.25) is 0 Å². The Labute approximate surface area is 159 Å². The number of nitrogens with zero attached hydrogens (tertiary/aromatic N) is 2. The first kappa shape index (κ1) is 18.4. The molecule has 1 atom stereocenters. The van der Waals surface area contributed by atoms with E-state index in [4.69, 9.17) is 0 Å². The highest BCUT2D eigenvalue weighted by atomic mass is 35.5. The molecule has 1 fully saturated rings. The number of aryl methyl sites for hydroxylation is 2. The number of hydrogen-bond donors (Lipinski definition) is 1. The van der Waals surface area contributed by atoms with E-state index >= 15 is 0 Å². The topological polar surface area (TPSA) is 45.2 Å². The van der Waals surface area contributed by atoms with Crippen LogP contribution in [0.5, 0.6) is 0 Å². The summed E-state index contributed by atoms with van der Waals surface area (Å²) in [5.41, 5.74) is 2.52. The highest BCUT2D eigenvalue weighted by Crippen LogP contribution is 2.32. The van der Waals surface area contributed by atoms with Crippen molar-refractivity contribution in [1.82, 2.24) is 15.2 Å². The second-order valence-electron chi connectivity index (χ2n) is 6.62. The number of nitrogens with one attached hydrogen (secondary N) is 1. The Balaban J connectivity index is 0.00000182. The Morgan fingerprint density at radius 2 is 2.16 bits per heavy atom. The molecule has 0 bridgehead atoms. The number of pyridine rings is 1. The van der Waals surface area contributed by atoms with Crippen molar-refractivity contribution in [2.45, 2.75) is 38.1 Å². The van der Waals surface area contributed by atoms with E-state index in [1.54, 1.807) is 17.5 Å². The molecule has 1 saturated heterocycles. The molecular formula is C19H24ClN3OS. The van der Waals surface area contributed by atoms with E-state index in [2.05, 4.69) is 22.4 Å². The molecule has 2 aliphatic rings. The zero-order valence-electron chi connectivity index (χ0n) is 14.2. The van der Waals surface area contributed by atoms with Crippen LogP contribution in [0, 0.1) is 0 Å². The quantitative estimate of drug-likeness (QED) is 0.813. The number of piperazine rings is 1. The molecule has 134 valence electrons. The summed E-state index contributed by atoms with van der Waals surface area (Å²) in [6, 6.07) is 6.24. The third kappa shape index (κ3) is 3.89. The lowest BCUT2D eigenvalue weighted by atomic mass is 10.0. The Hall–Kier alpha value is -1.43. The minimum Gasteiger partial charge on any atom is -0.328 e. The van der Waals surface area contributed by atoms with Crippen LogP contribution >= 0.6 is 23.7 Å². The van der Waals surface area contributed by atoms with Crippen molar-refractivity contribution in [2.24, 2.45) is 0 Å². The van der Waals surface area contributed by atoms with Gasteiger partial charge in [0.25, 0.3) is 5.91 Å². The van der Waals surface area contributed by atoms with E-state index in [0.717, 1.165) is 42.9 Å². The smallest absolute Gasteiger partial charge is 0.264 e. The molecule has 0 radical (unpaired) electrons. The van der Waals surface area contributed by atoms with Gasteiger partial charge >= 0.3 is 0 Å². The second kappa shape index (κ2) is 8.30. The number of halogens is 1. The fraction of sp³-hybridized carbons (Fsp3) is 0.474. The van der Waals surface area contributed by atoms with Crippen molar-refractivity contribution in [2.75, 3.05) is 19.6 Å². The molecule has 0 aromatic carbocycles. The lowest BCUT2D eigenvalue weighted by Gasteiger charge is -2.36. The van der Waals surface area contributed by atoms with Crippen molar-refractivity contribution in [3.8, 4) is 0 Å². The lowest BCUT2D eigenvalue weighted by molar-refractivity contribution is 0.0639. The monoisotopic (exact) mass is 377 g/mol. The third-order valence-corrected chi connectivity index (χ3v) is 6.26. The largest absolute Gasteiger partial charge is 0.328 e. The molecule has 2 aromatic heterocycles. The van der Waals surface area contributed by atoms with Crippen molar-refractivity contribution in [1.29, 1.82) is 0 Å². The van der Waals surface area contributed by atoms with Gasteiger partial charge in [-0.3, -0.25) is 9.78 Å².